The Bertz CT molecular complexity index is 705. The van der Waals surface area contributed by atoms with Crippen LogP contribution in [0.2, 0.25) is 0 Å². The lowest BCUT2D eigenvalue weighted by atomic mass is 10.1. The summed E-state index contributed by atoms with van der Waals surface area (Å²) in [6.07, 6.45) is 5.97. The SMILES string of the molecule is CCc1ccn(-c2ccc(OS(C)(=O)=O)cc2CN)c1. The van der Waals surface area contributed by atoms with Gasteiger partial charge in [-0.15, -0.1) is 0 Å². The Balaban J connectivity index is 2.39. The average Bonchev–Trinajstić information content (AvgIpc) is 2.85. The summed E-state index contributed by atoms with van der Waals surface area (Å²) < 4.78 is 29.1. The van der Waals surface area contributed by atoms with E-state index in [4.69, 9.17) is 9.92 Å². The molecule has 108 valence electrons. The number of aromatic nitrogens is 1. The monoisotopic (exact) mass is 294 g/mol. The Kier molecular flexibility index (Phi) is 4.15. The lowest BCUT2D eigenvalue weighted by Gasteiger charge is -2.11. The Morgan fingerprint density at radius 3 is 2.60 bits per heavy atom. The highest BCUT2D eigenvalue weighted by atomic mass is 32.2. The van der Waals surface area contributed by atoms with Crippen LogP contribution in [0.3, 0.4) is 0 Å². The predicted octanol–water partition coefficient (Wildman–Crippen LogP) is 1.84. The van der Waals surface area contributed by atoms with Crippen LogP contribution in [-0.2, 0) is 23.1 Å². The summed E-state index contributed by atoms with van der Waals surface area (Å²) in [5, 5.41) is 0. The first-order valence-electron chi connectivity index (χ1n) is 6.32. The molecule has 0 amide bonds. The summed E-state index contributed by atoms with van der Waals surface area (Å²) in [7, 11) is -3.53. The van der Waals surface area contributed by atoms with Crippen molar-refractivity contribution in [3.63, 3.8) is 0 Å². The van der Waals surface area contributed by atoms with Crippen LogP contribution in [-0.4, -0.2) is 19.2 Å². The van der Waals surface area contributed by atoms with Crippen molar-refractivity contribution in [1.29, 1.82) is 0 Å². The van der Waals surface area contributed by atoms with Gasteiger partial charge in [-0.05, 0) is 41.8 Å². The van der Waals surface area contributed by atoms with Gasteiger partial charge in [0.25, 0.3) is 0 Å². The van der Waals surface area contributed by atoms with E-state index in [0.717, 1.165) is 23.9 Å². The largest absolute Gasteiger partial charge is 0.383 e. The third-order valence-corrected chi connectivity index (χ3v) is 3.45. The van der Waals surface area contributed by atoms with E-state index in [-0.39, 0.29) is 5.75 Å². The molecule has 20 heavy (non-hydrogen) atoms. The molecule has 2 aromatic rings. The van der Waals surface area contributed by atoms with Crippen LogP contribution < -0.4 is 9.92 Å². The van der Waals surface area contributed by atoms with E-state index in [1.54, 1.807) is 12.1 Å². The van der Waals surface area contributed by atoms with Crippen LogP contribution in [0.1, 0.15) is 18.1 Å². The Hall–Kier alpha value is -1.79. The summed E-state index contributed by atoms with van der Waals surface area (Å²) in [6, 6.07) is 7.13. The molecule has 0 unspecified atom stereocenters. The van der Waals surface area contributed by atoms with Crippen LogP contribution in [0, 0.1) is 0 Å². The summed E-state index contributed by atoms with van der Waals surface area (Å²) in [5.74, 6) is 0.277. The van der Waals surface area contributed by atoms with Gasteiger partial charge in [0.1, 0.15) is 5.75 Å². The van der Waals surface area contributed by atoms with Crippen LogP contribution >= 0.6 is 0 Å². The van der Waals surface area contributed by atoms with E-state index in [1.165, 1.54) is 5.56 Å². The van der Waals surface area contributed by atoms with Gasteiger partial charge in [0.05, 0.1) is 6.26 Å². The third kappa shape index (κ3) is 3.40. The molecule has 0 radical (unpaired) electrons. The maximum absolute atomic E-state index is 11.1. The van der Waals surface area contributed by atoms with E-state index in [1.807, 2.05) is 29.1 Å². The Morgan fingerprint density at radius 1 is 1.30 bits per heavy atom. The smallest absolute Gasteiger partial charge is 0.306 e. The zero-order chi connectivity index (χ0) is 14.8. The van der Waals surface area contributed by atoms with E-state index < -0.39 is 10.1 Å². The average molecular weight is 294 g/mol. The van der Waals surface area contributed by atoms with Crippen LogP contribution in [0.25, 0.3) is 5.69 Å². The van der Waals surface area contributed by atoms with Crippen molar-refractivity contribution in [3.8, 4) is 11.4 Å². The number of hydrogen-bond donors (Lipinski definition) is 1. The highest BCUT2D eigenvalue weighted by Gasteiger charge is 2.09. The van der Waals surface area contributed by atoms with E-state index >= 15 is 0 Å². The molecule has 2 N–H and O–H groups in total. The third-order valence-electron chi connectivity index (χ3n) is 2.96. The minimum atomic E-state index is -3.53. The molecule has 0 fully saturated rings. The number of rotatable bonds is 5. The fourth-order valence-corrected chi connectivity index (χ4v) is 2.46. The van der Waals surface area contributed by atoms with Gasteiger partial charge >= 0.3 is 10.1 Å². The van der Waals surface area contributed by atoms with E-state index in [2.05, 4.69) is 6.92 Å². The molecule has 6 heteroatoms. The van der Waals surface area contributed by atoms with Crippen LogP contribution in [0.15, 0.2) is 36.7 Å². The molecular weight excluding hydrogens is 276 g/mol. The summed E-state index contributed by atoms with van der Waals surface area (Å²) in [6.45, 7) is 2.39. The van der Waals surface area contributed by atoms with Gasteiger partial charge in [0, 0.05) is 24.6 Å². The van der Waals surface area contributed by atoms with Crippen molar-refractivity contribution in [3.05, 3.63) is 47.8 Å². The Morgan fingerprint density at radius 2 is 2.05 bits per heavy atom. The number of hydrogen-bond acceptors (Lipinski definition) is 4. The van der Waals surface area contributed by atoms with Gasteiger partial charge in [0.15, 0.2) is 0 Å². The number of benzene rings is 1. The molecule has 1 heterocycles. The molecule has 1 aromatic heterocycles. The molecule has 0 aliphatic carbocycles. The minimum Gasteiger partial charge on any atom is -0.383 e. The predicted molar refractivity (Wildman–Crippen MR) is 78.5 cm³/mol. The second-order valence-corrected chi connectivity index (χ2v) is 6.14. The molecule has 0 bridgehead atoms. The fraction of sp³-hybridized carbons (Fsp3) is 0.286. The first-order chi connectivity index (χ1) is 9.43. The molecule has 0 aliphatic heterocycles. The van der Waals surface area contributed by atoms with E-state index in [0.29, 0.717) is 6.54 Å². The minimum absolute atomic E-state index is 0.277. The molecule has 0 atom stereocenters. The van der Waals surface area contributed by atoms with Gasteiger partial charge in [-0.3, -0.25) is 0 Å². The first-order valence-corrected chi connectivity index (χ1v) is 8.14. The van der Waals surface area contributed by atoms with Crippen molar-refractivity contribution in [2.45, 2.75) is 19.9 Å². The second-order valence-electron chi connectivity index (χ2n) is 4.56. The van der Waals surface area contributed by atoms with Gasteiger partial charge in [-0.2, -0.15) is 8.42 Å². The van der Waals surface area contributed by atoms with Crippen molar-refractivity contribution in [2.24, 2.45) is 5.73 Å². The number of aryl methyl sites for hydroxylation is 1. The summed E-state index contributed by atoms with van der Waals surface area (Å²) in [5.41, 5.74) is 8.72. The number of nitrogens with zero attached hydrogens (tertiary/aromatic N) is 1. The van der Waals surface area contributed by atoms with Gasteiger partial charge < -0.3 is 14.5 Å². The highest BCUT2D eigenvalue weighted by molar-refractivity contribution is 7.86. The topological polar surface area (TPSA) is 74.3 Å². The van der Waals surface area contributed by atoms with Crippen molar-refractivity contribution < 1.29 is 12.6 Å². The zero-order valence-electron chi connectivity index (χ0n) is 11.5. The van der Waals surface area contributed by atoms with Crippen molar-refractivity contribution in [1.82, 2.24) is 4.57 Å². The highest BCUT2D eigenvalue weighted by Crippen LogP contribution is 2.23. The molecule has 1 aromatic carbocycles. The molecule has 5 nitrogen and oxygen atoms in total. The molecule has 2 rings (SSSR count). The molecular formula is C14H18N2O3S. The summed E-state index contributed by atoms with van der Waals surface area (Å²) in [4.78, 5) is 0. The first kappa shape index (κ1) is 14.6. The number of nitrogens with two attached hydrogens (primary N) is 1. The molecule has 0 saturated carbocycles. The lowest BCUT2D eigenvalue weighted by molar-refractivity contribution is 0.492. The quantitative estimate of drug-likeness (QED) is 0.854. The Labute approximate surface area is 119 Å². The zero-order valence-corrected chi connectivity index (χ0v) is 12.4. The van der Waals surface area contributed by atoms with Gasteiger partial charge in [0.2, 0.25) is 0 Å². The molecule has 0 spiro atoms. The molecule has 0 saturated heterocycles. The van der Waals surface area contributed by atoms with E-state index in [9.17, 15) is 8.42 Å². The van der Waals surface area contributed by atoms with Gasteiger partial charge in [-0.25, -0.2) is 0 Å². The standard InChI is InChI=1S/C14H18N2O3S/c1-3-11-6-7-16(10-11)14-5-4-13(8-12(14)9-15)19-20(2,17)18/h4-8,10H,3,9,15H2,1-2H3. The maximum atomic E-state index is 11.1. The maximum Gasteiger partial charge on any atom is 0.306 e. The van der Waals surface area contributed by atoms with Crippen molar-refractivity contribution >= 4 is 10.1 Å². The van der Waals surface area contributed by atoms with Crippen LogP contribution in [0.4, 0.5) is 0 Å². The van der Waals surface area contributed by atoms with Crippen molar-refractivity contribution in [2.75, 3.05) is 6.26 Å². The van der Waals surface area contributed by atoms with Crippen LogP contribution in [0.5, 0.6) is 5.75 Å². The summed E-state index contributed by atoms with van der Waals surface area (Å²) >= 11 is 0. The second kappa shape index (κ2) is 5.68. The lowest BCUT2D eigenvalue weighted by Crippen LogP contribution is -2.08. The normalized spacial score (nSPS) is 11.6. The fourth-order valence-electron chi connectivity index (χ4n) is 2.00. The molecule has 0 aliphatic rings. The van der Waals surface area contributed by atoms with Gasteiger partial charge in [-0.1, -0.05) is 6.92 Å².